The molecule has 1 rings (SSSR count). The van der Waals surface area contributed by atoms with Crippen LogP contribution in [0.3, 0.4) is 0 Å². The summed E-state index contributed by atoms with van der Waals surface area (Å²) in [5.74, 6) is 1.63. The van der Waals surface area contributed by atoms with Crippen LogP contribution in [0.1, 0.15) is 26.0 Å². The Morgan fingerprint density at radius 3 is 2.69 bits per heavy atom. The number of hydrogen-bond donors (Lipinski definition) is 1. The van der Waals surface area contributed by atoms with Crippen LogP contribution < -0.4 is 10.6 Å². The lowest BCUT2D eigenvalue weighted by Gasteiger charge is -2.20. The van der Waals surface area contributed by atoms with Crippen molar-refractivity contribution in [3.8, 4) is 0 Å². The molecule has 4 heteroatoms. The summed E-state index contributed by atoms with van der Waals surface area (Å²) in [6.45, 7) is 5.81. The van der Waals surface area contributed by atoms with Crippen molar-refractivity contribution in [3.05, 3.63) is 22.8 Å². The summed E-state index contributed by atoms with van der Waals surface area (Å²) in [4.78, 5) is 6.57. The lowest BCUT2D eigenvalue weighted by molar-refractivity contribution is 0.583. The van der Waals surface area contributed by atoms with Gasteiger partial charge in [-0.1, -0.05) is 25.4 Å². The zero-order valence-electron chi connectivity index (χ0n) is 10.2. The second-order valence-corrected chi connectivity index (χ2v) is 4.81. The highest BCUT2D eigenvalue weighted by molar-refractivity contribution is 6.31. The zero-order valence-corrected chi connectivity index (χ0v) is 11.0. The third-order valence-electron chi connectivity index (χ3n) is 2.53. The van der Waals surface area contributed by atoms with Gasteiger partial charge >= 0.3 is 0 Å². The molecule has 1 aromatic heterocycles. The predicted octanol–water partition coefficient (Wildman–Crippen LogP) is 2.68. The minimum atomic E-state index is 0.380. The van der Waals surface area contributed by atoms with Crippen LogP contribution in [0, 0.1) is 5.92 Å². The molecule has 0 aliphatic rings. The lowest BCUT2D eigenvalue weighted by Crippen LogP contribution is -2.21. The van der Waals surface area contributed by atoms with Crippen LogP contribution in [0.5, 0.6) is 0 Å². The number of halogens is 1. The molecule has 0 unspecified atom stereocenters. The Bertz CT molecular complexity index is 339. The van der Waals surface area contributed by atoms with Crippen LogP contribution in [0.15, 0.2) is 12.1 Å². The van der Waals surface area contributed by atoms with Gasteiger partial charge in [-0.25, -0.2) is 4.98 Å². The highest BCUT2D eigenvalue weighted by Crippen LogP contribution is 2.18. The fourth-order valence-corrected chi connectivity index (χ4v) is 1.58. The first-order valence-corrected chi connectivity index (χ1v) is 5.99. The summed E-state index contributed by atoms with van der Waals surface area (Å²) >= 11 is 5.97. The molecule has 16 heavy (non-hydrogen) atoms. The second-order valence-electron chi connectivity index (χ2n) is 4.41. The van der Waals surface area contributed by atoms with Gasteiger partial charge in [-0.2, -0.15) is 0 Å². The molecule has 0 spiro atoms. The molecular formula is C12H20ClN3. The SMILES string of the molecule is CC(C)CCN(C)c1ccc(Cl)c(CN)n1. The maximum Gasteiger partial charge on any atom is 0.128 e. The summed E-state index contributed by atoms with van der Waals surface area (Å²) in [5.41, 5.74) is 6.34. The van der Waals surface area contributed by atoms with Gasteiger partial charge < -0.3 is 10.6 Å². The van der Waals surface area contributed by atoms with Crippen LogP contribution in [-0.2, 0) is 6.54 Å². The van der Waals surface area contributed by atoms with Gasteiger partial charge in [-0.05, 0) is 24.5 Å². The summed E-state index contributed by atoms with van der Waals surface area (Å²) in [6, 6.07) is 3.79. The highest BCUT2D eigenvalue weighted by atomic mass is 35.5. The topological polar surface area (TPSA) is 42.1 Å². The molecule has 0 aromatic carbocycles. The minimum absolute atomic E-state index is 0.380. The molecule has 1 heterocycles. The standard InChI is InChI=1S/C12H20ClN3/c1-9(2)6-7-16(3)12-5-4-10(13)11(8-14)15-12/h4-5,9H,6-8,14H2,1-3H3. The highest BCUT2D eigenvalue weighted by Gasteiger charge is 2.06. The van der Waals surface area contributed by atoms with Gasteiger partial charge in [0.15, 0.2) is 0 Å². The molecule has 0 fully saturated rings. The molecule has 0 aliphatic heterocycles. The van der Waals surface area contributed by atoms with E-state index in [1.165, 1.54) is 0 Å². The van der Waals surface area contributed by atoms with Gasteiger partial charge in [-0.3, -0.25) is 0 Å². The fraction of sp³-hybridized carbons (Fsp3) is 0.583. The van der Waals surface area contributed by atoms with Gasteiger partial charge in [0.2, 0.25) is 0 Å². The number of hydrogen-bond acceptors (Lipinski definition) is 3. The Kier molecular flexibility index (Phi) is 5.03. The van der Waals surface area contributed by atoms with Crippen molar-refractivity contribution in [2.45, 2.75) is 26.8 Å². The second kappa shape index (κ2) is 6.06. The van der Waals surface area contributed by atoms with Crippen molar-refractivity contribution in [1.29, 1.82) is 0 Å². The number of nitrogens with zero attached hydrogens (tertiary/aromatic N) is 2. The van der Waals surface area contributed by atoms with Crippen molar-refractivity contribution in [3.63, 3.8) is 0 Å². The maximum absolute atomic E-state index is 5.97. The first kappa shape index (κ1) is 13.3. The molecule has 0 bridgehead atoms. The van der Waals surface area contributed by atoms with E-state index in [0.29, 0.717) is 17.5 Å². The molecule has 3 nitrogen and oxygen atoms in total. The molecule has 0 atom stereocenters. The average molecular weight is 242 g/mol. The third-order valence-corrected chi connectivity index (χ3v) is 2.87. The number of nitrogens with two attached hydrogens (primary N) is 1. The number of aromatic nitrogens is 1. The van der Waals surface area contributed by atoms with Crippen molar-refractivity contribution < 1.29 is 0 Å². The molecular weight excluding hydrogens is 222 g/mol. The largest absolute Gasteiger partial charge is 0.360 e. The average Bonchev–Trinajstić information content (AvgIpc) is 2.26. The van der Waals surface area contributed by atoms with Crippen LogP contribution >= 0.6 is 11.6 Å². The Labute approximate surface area is 103 Å². The zero-order chi connectivity index (χ0) is 12.1. The van der Waals surface area contributed by atoms with Gasteiger partial charge in [0.25, 0.3) is 0 Å². The molecule has 2 N–H and O–H groups in total. The van der Waals surface area contributed by atoms with E-state index >= 15 is 0 Å². The van der Waals surface area contributed by atoms with E-state index in [9.17, 15) is 0 Å². The monoisotopic (exact) mass is 241 g/mol. The fourth-order valence-electron chi connectivity index (χ4n) is 1.39. The Morgan fingerprint density at radius 2 is 2.12 bits per heavy atom. The quantitative estimate of drug-likeness (QED) is 0.862. The van der Waals surface area contributed by atoms with E-state index in [1.807, 2.05) is 19.2 Å². The van der Waals surface area contributed by atoms with Crippen molar-refractivity contribution in [2.24, 2.45) is 11.7 Å². The Morgan fingerprint density at radius 1 is 1.44 bits per heavy atom. The van der Waals surface area contributed by atoms with E-state index in [1.54, 1.807) is 0 Å². The smallest absolute Gasteiger partial charge is 0.128 e. The van der Waals surface area contributed by atoms with E-state index in [4.69, 9.17) is 17.3 Å². The summed E-state index contributed by atoms with van der Waals surface area (Å²) in [6.07, 6.45) is 1.15. The number of anilines is 1. The van der Waals surface area contributed by atoms with Gasteiger partial charge in [0.05, 0.1) is 10.7 Å². The van der Waals surface area contributed by atoms with Crippen LogP contribution in [-0.4, -0.2) is 18.6 Å². The van der Waals surface area contributed by atoms with Crippen LogP contribution in [0.25, 0.3) is 0 Å². The van der Waals surface area contributed by atoms with E-state index in [-0.39, 0.29) is 0 Å². The van der Waals surface area contributed by atoms with Gasteiger partial charge in [-0.15, -0.1) is 0 Å². The Hall–Kier alpha value is -0.800. The molecule has 0 radical (unpaired) electrons. The van der Waals surface area contributed by atoms with Crippen LogP contribution in [0.2, 0.25) is 5.02 Å². The van der Waals surface area contributed by atoms with Gasteiger partial charge in [0.1, 0.15) is 5.82 Å². The van der Waals surface area contributed by atoms with Gasteiger partial charge in [0, 0.05) is 20.1 Å². The molecule has 0 saturated heterocycles. The predicted molar refractivity (Wildman–Crippen MR) is 69.9 cm³/mol. The number of pyridine rings is 1. The van der Waals surface area contributed by atoms with Crippen molar-refractivity contribution in [2.75, 3.05) is 18.5 Å². The van der Waals surface area contributed by atoms with Crippen molar-refractivity contribution in [1.82, 2.24) is 4.98 Å². The van der Waals surface area contributed by atoms with E-state index in [2.05, 4.69) is 23.7 Å². The molecule has 0 saturated carbocycles. The molecule has 0 aliphatic carbocycles. The van der Waals surface area contributed by atoms with E-state index in [0.717, 1.165) is 24.5 Å². The van der Waals surface area contributed by atoms with Crippen molar-refractivity contribution >= 4 is 17.4 Å². The molecule has 1 aromatic rings. The first-order valence-electron chi connectivity index (χ1n) is 5.61. The normalized spacial score (nSPS) is 10.9. The molecule has 90 valence electrons. The molecule has 0 amide bonds. The Balaban J connectivity index is 2.72. The third kappa shape index (κ3) is 3.65. The minimum Gasteiger partial charge on any atom is -0.360 e. The lowest BCUT2D eigenvalue weighted by atomic mass is 10.1. The number of rotatable bonds is 5. The summed E-state index contributed by atoms with van der Waals surface area (Å²) in [7, 11) is 2.04. The van der Waals surface area contributed by atoms with E-state index < -0.39 is 0 Å². The summed E-state index contributed by atoms with van der Waals surface area (Å²) in [5, 5.41) is 0.642. The maximum atomic E-state index is 5.97. The first-order chi connectivity index (χ1) is 7.54. The summed E-state index contributed by atoms with van der Waals surface area (Å²) < 4.78 is 0. The van der Waals surface area contributed by atoms with Crippen LogP contribution in [0.4, 0.5) is 5.82 Å².